The van der Waals surface area contributed by atoms with Gasteiger partial charge in [0.2, 0.25) is 0 Å². The first kappa shape index (κ1) is 23.0. The molecule has 33 heavy (non-hydrogen) atoms. The van der Waals surface area contributed by atoms with Crippen LogP contribution >= 0.6 is 0 Å². The van der Waals surface area contributed by atoms with Crippen molar-refractivity contribution in [2.75, 3.05) is 18.1 Å². The van der Waals surface area contributed by atoms with Crippen molar-refractivity contribution in [2.24, 2.45) is 0 Å². The summed E-state index contributed by atoms with van der Waals surface area (Å²) in [4.78, 5) is 27.6. The molecule has 0 aliphatic carbocycles. The van der Waals surface area contributed by atoms with E-state index in [1.54, 1.807) is 12.1 Å². The Hall–Kier alpha value is -3.13. The first-order valence-corrected chi connectivity index (χ1v) is 12.9. The molecule has 0 saturated carbocycles. The molecule has 3 aromatic rings. The summed E-state index contributed by atoms with van der Waals surface area (Å²) in [6.45, 7) is 4.71. The summed E-state index contributed by atoms with van der Waals surface area (Å²) in [7, 11) is -3.22. The molecule has 1 aromatic heterocycles. The molecule has 1 aliphatic heterocycles. The maximum Gasteiger partial charge on any atom is 0.290 e. The summed E-state index contributed by atoms with van der Waals surface area (Å²) in [5.41, 5.74) is 1.76. The molecule has 0 N–H and O–H groups in total. The minimum absolute atomic E-state index is 0.0338. The number of amides is 1. The van der Waals surface area contributed by atoms with E-state index in [4.69, 9.17) is 9.15 Å². The molecule has 0 spiro atoms. The van der Waals surface area contributed by atoms with Gasteiger partial charge in [0.05, 0.1) is 23.5 Å². The third-order valence-electron chi connectivity index (χ3n) is 5.75. The van der Waals surface area contributed by atoms with Gasteiger partial charge in [0.1, 0.15) is 11.3 Å². The number of hydrogen-bond donors (Lipinski definition) is 0. The molecule has 1 amide bonds. The van der Waals surface area contributed by atoms with Crippen molar-refractivity contribution in [2.45, 2.75) is 39.3 Å². The number of rotatable bonds is 7. The minimum atomic E-state index is -3.22. The Bertz CT molecular complexity index is 1330. The van der Waals surface area contributed by atoms with E-state index in [1.807, 2.05) is 44.2 Å². The van der Waals surface area contributed by atoms with Crippen molar-refractivity contribution in [1.29, 1.82) is 0 Å². The van der Waals surface area contributed by atoms with Crippen LogP contribution in [-0.4, -0.2) is 43.4 Å². The number of hydrogen-bond acceptors (Lipinski definition) is 6. The Labute approximate surface area is 192 Å². The maximum atomic E-state index is 13.5. The fourth-order valence-electron chi connectivity index (χ4n) is 4.00. The lowest BCUT2D eigenvalue weighted by molar-refractivity contribution is 0.0648. The Morgan fingerprint density at radius 2 is 1.91 bits per heavy atom. The second kappa shape index (κ2) is 9.39. The van der Waals surface area contributed by atoms with Gasteiger partial charge < -0.3 is 14.1 Å². The number of ether oxygens (including phenoxy) is 1. The van der Waals surface area contributed by atoms with Crippen LogP contribution in [0.5, 0.6) is 5.75 Å². The van der Waals surface area contributed by atoms with Gasteiger partial charge in [-0.1, -0.05) is 25.1 Å². The van der Waals surface area contributed by atoms with E-state index in [1.165, 1.54) is 11.0 Å². The number of carbonyl (C=O) groups is 1. The van der Waals surface area contributed by atoms with Gasteiger partial charge in [-0.15, -0.1) is 0 Å². The topological polar surface area (TPSA) is 93.9 Å². The Morgan fingerprint density at radius 3 is 2.58 bits per heavy atom. The van der Waals surface area contributed by atoms with E-state index in [2.05, 4.69) is 0 Å². The number of benzene rings is 2. The van der Waals surface area contributed by atoms with Crippen LogP contribution in [0, 0.1) is 6.92 Å². The Kier molecular flexibility index (Phi) is 6.56. The molecule has 1 fully saturated rings. The quantitative estimate of drug-likeness (QED) is 0.524. The first-order chi connectivity index (χ1) is 15.8. The van der Waals surface area contributed by atoms with Crippen molar-refractivity contribution in [3.63, 3.8) is 0 Å². The molecule has 2 heterocycles. The molecule has 4 rings (SSSR count). The fraction of sp³-hybridized carbons (Fsp3) is 0.360. The molecule has 7 nitrogen and oxygen atoms in total. The smallest absolute Gasteiger partial charge is 0.290 e. The van der Waals surface area contributed by atoms with Crippen molar-refractivity contribution < 1.29 is 22.4 Å². The number of carbonyl (C=O) groups excluding carboxylic acids is 1. The molecule has 1 atom stereocenters. The third kappa shape index (κ3) is 5.27. The second-order valence-corrected chi connectivity index (χ2v) is 10.7. The average molecular weight is 470 g/mol. The van der Waals surface area contributed by atoms with Crippen molar-refractivity contribution in [3.05, 3.63) is 75.6 Å². The van der Waals surface area contributed by atoms with Crippen LogP contribution in [0.3, 0.4) is 0 Å². The highest BCUT2D eigenvalue weighted by Crippen LogP contribution is 2.24. The standard InChI is InChI=1S/C25H27NO6S/c1-3-11-31-20-7-5-18(6-8-20)15-26(19-10-12-33(29,30)16-19)25(28)24-14-22(27)21-9-4-17(2)13-23(21)32-24/h4-9,13-14,19H,3,10-12,15-16H2,1-2H3/t19-/m0/s1. The van der Waals surface area contributed by atoms with Crippen LogP contribution in [0.25, 0.3) is 11.0 Å². The Morgan fingerprint density at radius 1 is 1.15 bits per heavy atom. The van der Waals surface area contributed by atoms with Crippen molar-refractivity contribution in [3.8, 4) is 5.75 Å². The maximum absolute atomic E-state index is 13.5. The highest BCUT2D eigenvalue weighted by atomic mass is 32.2. The zero-order valence-electron chi connectivity index (χ0n) is 18.7. The van der Waals surface area contributed by atoms with Gasteiger partial charge >= 0.3 is 0 Å². The highest BCUT2D eigenvalue weighted by molar-refractivity contribution is 7.91. The minimum Gasteiger partial charge on any atom is -0.494 e. The van der Waals surface area contributed by atoms with Crippen LogP contribution in [0.2, 0.25) is 0 Å². The molecule has 1 aliphatic rings. The number of sulfone groups is 1. The van der Waals surface area contributed by atoms with Gasteiger partial charge in [-0.3, -0.25) is 9.59 Å². The molecular formula is C25H27NO6S. The first-order valence-electron chi connectivity index (χ1n) is 11.0. The summed E-state index contributed by atoms with van der Waals surface area (Å²) in [6.07, 6.45) is 1.25. The van der Waals surface area contributed by atoms with Crippen molar-refractivity contribution >= 4 is 26.7 Å². The van der Waals surface area contributed by atoms with Gasteiger partial charge in [0.25, 0.3) is 5.91 Å². The summed E-state index contributed by atoms with van der Waals surface area (Å²) < 4.78 is 35.7. The average Bonchev–Trinajstić information content (AvgIpc) is 3.15. The molecule has 0 unspecified atom stereocenters. The molecule has 1 saturated heterocycles. The lowest BCUT2D eigenvalue weighted by Gasteiger charge is -2.28. The van der Waals surface area contributed by atoms with Crippen LogP contribution in [0.4, 0.5) is 0 Å². The zero-order valence-corrected chi connectivity index (χ0v) is 19.6. The van der Waals surface area contributed by atoms with Crippen LogP contribution < -0.4 is 10.2 Å². The Balaban J connectivity index is 1.67. The van der Waals surface area contributed by atoms with Gasteiger partial charge in [0, 0.05) is 18.7 Å². The van der Waals surface area contributed by atoms with Gasteiger partial charge in [-0.25, -0.2) is 8.42 Å². The van der Waals surface area contributed by atoms with Crippen LogP contribution in [0.15, 0.2) is 57.7 Å². The summed E-state index contributed by atoms with van der Waals surface area (Å²) in [6, 6.07) is 13.3. The number of aryl methyl sites for hydroxylation is 1. The number of nitrogens with zero attached hydrogens (tertiary/aromatic N) is 1. The number of fused-ring (bicyclic) bond motifs is 1. The van der Waals surface area contributed by atoms with E-state index in [9.17, 15) is 18.0 Å². The van der Waals surface area contributed by atoms with Crippen molar-refractivity contribution in [1.82, 2.24) is 4.90 Å². The molecular weight excluding hydrogens is 442 g/mol. The molecule has 0 bridgehead atoms. The predicted octanol–water partition coefficient (Wildman–Crippen LogP) is 3.72. The SMILES string of the molecule is CCCOc1ccc(CN(C(=O)c2cc(=O)c3ccc(C)cc3o2)[C@H]2CCS(=O)(=O)C2)cc1. The fourth-order valence-corrected chi connectivity index (χ4v) is 5.74. The van der Waals surface area contributed by atoms with Gasteiger partial charge in [-0.05, 0) is 55.2 Å². The summed E-state index contributed by atoms with van der Waals surface area (Å²) in [5, 5.41) is 0.398. The van der Waals surface area contributed by atoms with Crippen LogP contribution in [0.1, 0.15) is 41.4 Å². The highest BCUT2D eigenvalue weighted by Gasteiger charge is 2.36. The van der Waals surface area contributed by atoms with E-state index in [0.29, 0.717) is 24.0 Å². The van der Waals surface area contributed by atoms with Crippen LogP contribution in [-0.2, 0) is 16.4 Å². The summed E-state index contributed by atoms with van der Waals surface area (Å²) in [5.74, 6) is 0.0754. The molecule has 0 radical (unpaired) electrons. The van der Waals surface area contributed by atoms with E-state index >= 15 is 0 Å². The predicted molar refractivity (Wildman–Crippen MR) is 126 cm³/mol. The normalized spacial score (nSPS) is 17.2. The lowest BCUT2D eigenvalue weighted by Crippen LogP contribution is -2.40. The largest absolute Gasteiger partial charge is 0.494 e. The third-order valence-corrected chi connectivity index (χ3v) is 7.50. The molecule has 2 aromatic carbocycles. The monoisotopic (exact) mass is 469 g/mol. The van der Waals surface area contributed by atoms with E-state index in [-0.39, 0.29) is 29.2 Å². The second-order valence-electron chi connectivity index (χ2n) is 8.46. The summed E-state index contributed by atoms with van der Waals surface area (Å²) >= 11 is 0. The lowest BCUT2D eigenvalue weighted by atomic mass is 10.1. The van der Waals surface area contributed by atoms with E-state index < -0.39 is 21.8 Å². The van der Waals surface area contributed by atoms with E-state index in [0.717, 1.165) is 23.3 Å². The van der Waals surface area contributed by atoms with Gasteiger partial charge in [-0.2, -0.15) is 0 Å². The van der Waals surface area contributed by atoms with Gasteiger partial charge in [0.15, 0.2) is 21.0 Å². The molecule has 8 heteroatoms. The zero-order chi connectivity index (χ0) is 23.6. The molecule has 174 valence electrons.